The van der Waals surface area contributed by atoms with Gasteiger partial charge in [-0.05, 0) is 19.9 Å². The molecule has 0 aromatic carbocycles. The highest BCUT2D eigenvalue weighted by molar-refractivity contribution is 7.89. The lowest BCUT2D eigenvalue weighted by molar-refractivity contribution is 0.0886. The highest BCUT2D eigenvalue weighted by Crippen LogP contribution is 2.32. The van der Waals surface area contributed by atoms with Crippen LogP contribution in [0.15, 0.2) is 16.8 Å². The number of hydrogen-bond donors (Lipinski definition) is 1. The van der Waals surface area contributed by atoms with Gasteiger partial charge in [0.1, 0.15) is 6.10 Å². The molecule has 7 nitrogen and oxygen atoms in total. The summed E-state index contributed by atoms with van der Waals surface area (Å²) in [5, 5.41) is -0.743. The molecule has 0 radical (unpaired) electrons. The van der Waals surface area contributed by atoms with Gasteiger partial charge in [0, 0.05) is 38.5 Å². The van der Waals surface area contributed by atoms with Gasteiger partial charge in [-0.3, -0.25) is 4.99 Å². The molecule has 1 fully saturated rings. The molecule has 0 aromatic rings. The highest BCUT2D eigenvalue weighted by atomic mass is 32.2. The zero-order chi connectivity index (χ0) is 16.1. The minimum Gasteiger partial charge on any atom is -0.495 e. The van der Waals surface area contributed by atoms with Crippen LogP contribution in [-0.4, -0.2) is 67.7 Å². The average molecular weight is 328 g/mol. The van der Waals surface area contributed by atoms with Crippen molar-refractivity contribution >= 4 is 16.4 Å². The lowest BCUT2D eigenvalue weighted by atomic mass is 9.96. The van der Waals surface area contributed by atoms with Gasteiger partial charge in [0.2, 0.25) is 10.0 Å². The third-order valence-electron chi connectivity index (χ3n) is 4.95. The maximum absolute atomic E-state index is 12.8. The molecule has 3 rings (SSSR count). The normalized spacial score (nSPS) is 39.4. The van der Waals surface area contributed by atoms with E-state index in [-0.39, 0.29) is 24.1 Å². The van der Waals surface area contributed by atoms with E-state index in [0.29, 0.717) is 13.1 Å². The summed E-state index contributed by atoms with van der Waals surface area (Å²) in [5.74, 6) is 0.927. The summed E-state index contributed by atoms with van der Waals surface area (Å²) < 4.78 is 32.9. The molecule has 5 atom stereocenters. The minimum atomic E-state index is -3.49. The maximum atomic E-state index is 12.8. The van der Waals surface area contributed by atoms with Crippen molar-refractivity contribution in [1.82, 2.24) is 9.21 Å². The molecule has 0 saturated carbocycles. The molecule has 8 heteroatoms. The Morgan fingerprint density at radius 1 is 1.41 bits per heavy atom. The van der Waals surface area contributed by atoms with Crippen molar-refractivity contribution < 1.29 is 13.2 Å². The first-order valence-electron chi connectivity index (χ1n) is 7.64. The summed E-state index contributed by atoms with van der Waals surface area (Å²) in [7, 11) is -1.65. The van der Waals surface area contributed by atoms with Crippen LogP contribution < -0.4 is 5.73 Å². The zero-order valence-corrected chi connectivity index (χ0v) is 14.0. The molecular weight excluding hydrogens is 304 g/mol. The van der Waals surface area contributed by atoms with E-state index in [2.05, 4.69) is 4.99 Å². The van der Waals surface area contributed by atoms with Crippen molar-refractivity contribution in [3.63, 3.8) is 0 Å². The Morgan fingerprint density at radius 3 is 2.68 bits per heavy atom. The summed E-state index contributed by atoms with van der Waals surface area (Å²) in [4.78, 5) is 5.99. The largest absolute Gasteiger partial charge is 0.495 e. The van der Waals surface area contributed by atoms with Crippen LogP contribution >= 0.6 is 0 Å². The topological polar surface area (TPSA) is 88.2 Å². The van der Waals surface area contributed by atoms with Gasteiger partial charge in [-0.15, -0.1) is 0 Å². The Kier molecular flexibility index (Phi) is 3.94. The number of aliphatic imine (C=N–C) groups is 1. The predicted molar refractivity (Wildman–Crippen MR) is 84.7 cm³/mol. The fraction of sp³-hybridized carbons (Fsp3) is 0.786. The molecule has 3 heterocycles. The Morgan fingerprint density at radius 2 is 2.14 bits per heavy atom. The Labute approximate surface area is 131 Å². The number of rotatable bonds is 3. The van der Waals surface area contributed by atoms with Gasteiger partial charge in [0.05, 0.1) is 18.1 Å². The first kappa shape index (κ1) is 15.8. The van der Waals surface area contributed by atoms with E-state index in [4.69, 9.17) is 10.5 Å². The molecule has 3 aliphatic heterocycles. The fourth-order valence-electron chi connectivity index (χ4n) is 3.38. The van der Waals surface area contributed by atoms with Crippen LogP contribution in [0.4, 0.5) is 0 Å². The third kappa shape index (κ3) is 2.53. The second-order valence-corrected chi connectivity index (χ2v) is 8.49. The van der Waals surface area contributed by atoms with Gasteiger partial charge >= 0.3 is 0 Å². The molecule has 0 aliphatic carbocycles. The van der Waals surface area contributed by atoms with Crippen LogP contribution in [0, 0.1) is 5.92 Å². The van der Waals surface area contributed by atoms with Crippen molar-refractivity contribution in [2.45, 2.75) is 43.8 Å². The van der Waals surface area contributed by atoms with E-state index in [0.717, 1.165) is 12.2 Å². The lowest BCUT2D eigenvalue weighted by Crippen LogP contribution is -2.44. The summed E-state index contributed by atoms with van der Waals surface area (Å²) in [6.45, 7) is 4.54. The van der Waals surface area contributed by atoms with Gasteiger partial charge in [0.15, 0.2) is 5.37 Å². The van der Waals surface area contributed by atoms with Crippen molar-refractivity contribution in [2.24, 2.45) is 16.6 Å². The summed E-state index contributed by atoms with van der Waals surface area (Å²) in [6.07, 6.45) is 4.42. The summed E-state index contributed by atoms with van der Waals surface area (Å²) >= 11 is 0. The van der Waals surface area contributed by atoms with Crippen molar-refractivity contribution in [1.29, 1.82) is 0 Å². The standard InChI is InChI=1S/C14H24N4O3S/c1-9-4-5-13(21-9)11-6-18(7-12(11)15)22(19,20)14-10(2)17(3)8-16-14/h4,8,10-14H,5-7,15H2,1-3H3/t10?,11-,12-,13?,14?/m1/s1. The Balaban J connectivity index is 1.72. The fourth-order valence-corrected chi connectivity index (χ4v) is 5.34. The predicted octanol–water partition coefficient (Wildman–Crippen LogP) is -0.0437. The van der Waals surface area contributed by atoms with Gasteiger partial charge in [-0.1, -0.05) is 0 Å². The average Bonchev–Trinajstić information content (AvgIpc) is 3.11. The monoisotopic (exact) mass is 328 g/mol. The lowest BCUT2D eigenvalue weighted by Gasteiger charge is -2.25. The molecule has 2 N–H and O–H groups in total. The molecule has 0 aromatic heterocycles. The van der Waals surface area contributed by atoms with Crippen LogP contribution in [-0.2, 0) is 14.8 Å². The first-order valence-corrected chi connectivity index (χ1v) is 9.14. The molecule has 3 aliphatic rings. The maximum Gasteiger partial charge on any atom is 0.239 e. The van der Waals surface area contributed by atoms with E-state index in [1.165, 1.54) is 4.31 Å². The molecule has 3 unspecified atom stereocenters. The smallest absolute Gasteiger partial charge is 0.239 e. The van der Waals surface area contributed by atoms with Gasteiger partial charge in [-0.25, -0.2) is 8.42 Å². The van der Waals surface area contributed by atoms with Crippen LogP contribution in [0.25, 0.3) is 0 Å². The SMILES string of the molecule is CC1=CCC([C@@H]2CN(S(=O)(=O)C3N=CN(C)C3C)C[C@H]2N)O1. The second-order valence-electron chi connectivity index (χ2n) is 6.46. The van der Waals surface area contributed by atoms with E-state index in [1.54, 1.807) is 6.34 Å². The van der Waals surface area contributed by atoms with E-state index < -0.39 is 15.4 Å². The molecule has 0 bridgehead atoms. The number of ether oxygens (including phenoxy) is 1. The Hall–Kier alpha value is -1.12. The van der Waals surface area contributed by atoms with Crippen LogP contribution in [0.1, 0.15) is 20.3 Å². The number of allylic oxidation sites excluding steroid dienone is 1. The van der Waals surface area contributed by atoms with Crippen molar-refractivity contribution in [3.8, 4) is 0 Å². The van der Waals surface area contributed by atoms with Crippen molar-refractivity contribution in [3.05, 3.63) is 11.8 Å². The number of sulfonamides is 1. The zero-order valence-electron chi connectivity index (χ0n) is 13.2. The number of nitrogens with two attached hydrogens (primary N) is 1. The van der Waals surface area contributed by atoms with Gasteiger partial charge in [-0.2, -0.15) is 4.31 Å². The van der Waals surface area contributed by atoms with E-state index in [9.17, 15) is 8.42 Å². The molecule has 124 valence electrons. The van der Waals surface area contributed by atoms with Crippen molar-refractivity contribution in [2.75, 3.05) is 20.1 Å². The quantitative estimate of drug-likeness (QED) is 0.785. The number of nitrogens with zero attached hydrogens (tertiary/aromatic N) is 3. The summed E-state index contributed by atoms with van der Waals surface area (Å²) in [6, 6.07) is -0.357. The highest BCUT2D eigenvalue weighted by Gasteiger charge is 2.47. The second kappa shape index (κ2) is 5.50. The van der Waals surface area contributed by atoms with E-state index in [1.807, 2.05) is 31.9 Å². The molecule has 0 amide bonds. The summed E-state index contributed by atoms with van der Waals surface area (Å²) in [5.41, 5.74) is 6.19. The van der Waals surface area contributed by atoms with Crippen LogP contribution in [0.2, 0.25) is 0 Å². The molecule has 22 heavy (non-hydrogen) atoms. The van der Waals surface area contributed by atoms with Crippen LogP contribution in [0.3, 0.4) is 0 Å². The Bertz CT molecular complexity index is 603. The molecule has 0 spiro atoms. The number of hydrogen-bond acceptors (Lipinski definition) is 6. The number of likely N-dealkylation sites (N-methyl/N-ethyl adjacent to an activating group) is 1. The van der Waals surface area contributed by atoms with Crippen LogP contribution in [0.5, 0.6) is 0 Å². The molecular formula is C14H24N4O3S. The van der Waals surface area contributed by atoms with E-state index >= 15 is 0 Å². The van der Waals surface area contributed by atoms with Gasteiger partial charge < -0.3 is 15.4 Å². The minimum absolute atomic E-state index is 0.0117. The molecule has 1 saturated heterocycles. The van der Waals surface area contributed by atoms with Gasteiger partial charge in [0.25, 0.3) is 0 Å². The first-order chi connectivity index (χ1) is 10.3. The third-order valence-corrected chi connectivity index (χ3v) is 7.09.